The first-order chi connectivity index (χ1) is 5.77. The average Bonchev–Trinajstić information content (AvgIpc) is 2.49. The standard InChI is InChI=1S/C7H4N2O3/c10-7(11)5-8-3-4-1-2-12-6(4)9-5/h1-3H,(H,10,11). The van der Waals surface area contributed by atoms with Crippen molar-refractivity contribution in [3.63, 3.8) is 0 Å². The lowest BCUT2D eigenvalue weighted by Crippen LogP contribution is -2.02. The van der Waals surface area contributed by atoms with E-state index in [0.717, 1.165) is 0 Å². The van der Waals surface area contributed by atoms with Gasteiger partial charge in [-0.3, -0.25) is 0 Å². The molecule has 0 aliphatic carbocycles. The quantitative estimate of drug-likeness (QED) is 0.678. The summed E-state index contributed by atoms with van der Waals surface area (Å²) in [5.74, 6) is -1.41. The molecule has 2 rings (SSSR count). The Morgan fingerprint density at radius 3 is 3.17 bits per heavy atom. The number of carboxylic acids is 1. The largest absolute Gasteiger partial charge is 0.475 e. The number of hydrogen-bond acceptors (Lipinski definition) is 4. The van der Waals surface area contributed by atoms with Gasteiger partial charge in [-0.2, -0.15) is 4.98 Å². The van der Waals surface area contributed by atoms with Crippen molar-refractivity contribution in [3.8, 4) is 0 Å². The summed E-state index contributed by atoms with van der Waals surface area (Å²) in [5.41, 5.74) is 0.294. The first kappa shape index (κ1) is 6.78. The van der Waals surface area contributed by atoms with Crippen LogP contribution in [0.25, 0.3) is 11.1 Å². The van der Waals surface area contributed by atoms with E-state index >= 15 is 0 Å². The second-order valence-corrected chi connectivity index (χ2v) is 2.18. The van der Waals surface area contributed by atoms with E-state index in [1.165, 1.54) is 12.5 Å². The number of nitrogens with zero attached hydrogens (tertiary/aromatic N) is 2. The maximum absolute atomic E-state index is 10.4. The summed E-state index contributed by atoms with van der Waals surface area (Å²) in [6, 6.07) is 1.67. The molecule has 0 spiro atoms. The number of aromatic nitrogens is 2. The highest BCUT2D eigenvalue weighted by atomic mass is 16.4. The van der Waals surface area contributed by atoms with Crippen molar-refractivity contribution in [1.82, 2.24) is 9.97 Å². The maximum Gasteiger partial charge on any atom is 0.374 e. The van der Waals surface area contributed by atoms with Crippen LogP contribution in [-0.2, 0) is 0 Å². The number of rotatable bonds is 1. The molecule has 0 saturated carbocycles. The molecular formula is C7H4N2O3. The molecule has 0 amide bonds. The van der Waals surface area contributed by atoms with Crippen molar-refractivity contribution >= 4 is 17.1 Å². The van der Waals surface area contributed by atoms with Crippen LogP contribution in [0.15, 0.2) is 22.9 Å². The lowest BCUT2D eigenvalue weighted by molar-refractivity contribution is 0.0683. The van der Waals surface area contributed by atoms with Gasteiger partial charge in [0.1, 0.15) is 0 Å². The second kappa shape index (κ2) is 2.30. The van der Waals surface area contributed by atoms with Gasteiger partial charge in [-0.05, 0) is 6.07 Å². The van der Waals surface area contributed by atoms with Gasteiger partial charge in [0.25, 0.3) is 0 Å². The van der Waals surface area contributed by atoms with Gasteiger partial charge < -0.3 is 9.52 Å². The SMILES string of the molecule is O=C(O)c1ncc2ccoc2n1. The Kier molecular flexibility index (Phi) is 1.30. The number of carboxylic acid groups (broad SMARTS) is 1. The van der Waals surface area contributed by atoms with Gasteiger partial charge in [0.2, 0.25) is 11.5 Å². The zero-order valence-corrected chi connectivity index (χ0v) is 5.89. The summed E-state index contributed by atoms with van der Waals surface area (Å²) in [6.45, 7) is 0. The molecule has 2 aromatic rings. The van der Waals surface area contributed by atoms with Gasteiger partial charge in [0, 0.05) is 6.20 Å². The van der Waals surface area contributed by atoms with E-state index in [4.69, 9.17) is 9.52 Å². The molecule has 0 unspecified atom stereocenters. The van der Waals surface area contributed by atoms with E-state index in [2.05, 4.69) is 9.97 Å². The van der Waals surface area contributed by atoms with Crippen molar-refractivity contribution in [3.05, 3.63) is 24.4 Å². The number of hydrogen-bond donors (Lipinski definition) is 1. The molecular weight excluding hydrogens is 160 g/mol. The Hall–Kier alpha value is -1.91. The Morgan fingerprint density at radius 2 is 2.42 bits per heavy atom. The van der Waals surface area contributed by atoms with Gasteiger partial charge in [0.15, 0.2) is 0 Å². The highest BCUT2D eigenvalue weighted by Crippen LogP contribution is 2.10. The van der Waals surface area contributed by atoms with Crippen molar-refractivity contribution in [2.75, 3.05) is 0 Å². The van der Waals surface area contributed by atoms with E-state index in [1.807, 2.05) is 0 Å². The third kappa shape index (κ3) is 0.914. The highest BCUT2D eigenvalue weighted by molar-refractivity contribution is 5.85. The van der Waals surface area contributed by atoms with Gasteiger partial charge in [-0.1, -0.05) is 0 Å². The zero-order valence-electron chi connectivity index (χ0n) is 5.89. The average molecular weight is 164 g/mol. The number of furan rings is 1. The Bertz CT molecular complexity index is 435. The van der Waals surface area contributed by atoms with Crippen molar-refractivity contribution < 1.29 is 14.3 Å². The fourth-order valence-electron chi connectivity index (χ4n) is 0.859. The summed E-state index contributed by atoms with van der Waals surface area (Å²) >= 11 is 0. The van der Waals surface area contributed by atoms with Crippen LogP contribution in [0.4, 0.5) is 0 Å². The number of aromatic carboxylic acids is 1. The van der Waals surface area contributed by atoms with Crippen LogP contribution in [0.2, 0.25) is 0 Å². The third-order valence-electron chi connectivity index (χ3n) is 1.40. The molecule has 0 aromatic carbocycles. The summed E-state index contributed by atoms with van der Waals surface area (Å²) in [5, 5.41) is 9.21. The highest BCUT2D eigenvalue weighted by Gasteiger charge is 2.08. The van der Waals surface area contributed by atoms with E-state index < -0.39 is 5.97 Å². The van der Waals surface area contributed by atoms with E-state index in [9.17, 15) is 4.79 Å². The molecule has 0 radical (unpaired) electrons. The summed E-state index contributed by atoms with van der Waals surface area (Å²) in [6.07, 6.45) is 2.85. The van der Waals surface area contributed by atoms with Gasteiger partial charge in [-0.15, -0.1) is 0 Å². The predicted octanol–water partition coefficient (Wildman–Crippen LogP) is 0.921. The van der Waals surface area contributed by atoms with Crippen LogP contribution in [0, 0.1) is 0 Å². The third-order valence-corrected chi connectivity index (χ3v) is 1.40. The summed E-state index contributed by atoms with van der Waals surface area (Å²) < 4.78 is 4.89. The second-order valence-electron chi connectivity index (χ2n) is 2.18. The minimum Gasteiger partial charge on any atom is -0.475 e. The number of fused-ring (bicyclic) bond motifs is 1. The maximum atomic E-state index is 10.4. The van der Waals surface area contributed by atoms with E-state index in [-0.39, 0.29) is 5.82 Å². The van der Waals surface area contributed by atoms with Crippen LogP contribution in [0.1, 0.15) is 10.6 Å². The smallest absolute Gasteiger partial charge is 0.374 e. The Labute approximate surface area is 66.7 Å². The van der Waals surface area contributed by atoms with Crippen molar-refractivity contribution in [2.45, 2.75) is 0 Å². The molecule has 60 valence electrons. The van der Waals surface area contributed by atoms with Gasteiger partial charge in [-0.25, -0.2) is 9.78 Å². The molecule has 0 saturated heterocycles. The molecule has 0 fully saturated rings. The molecule has 0 aliphatic heterocycles. The van der Waals surface area contributed by atoms with Crippen LogP contribution in [0.3, 0.4) is 0 Å². The lowest BCUT2D eigenvalue weighted by atomic mass is 10.4. The molecule has 0 bridgehead atoms. The first-order valence-corrected chi connectivity index (χ1v) is 3.21. The molecule has 5 heteroatoms. The van der Waals surface area contributed by atoms with E-state index in [0.29, 0.717) is 11.1 Å². The molecule has 2 heterocycles. The Morgan fingerprint density at radius 1 is 1.58 bits per heavy atom. The fourth-order valence-corrected chi connectivity index (χ4v) is 0.859. The monoisotopic (exact) mass is 164 g/mol. The van der Waals surface area contributed by atoms with Crippen molar-refractivity contribution in [2.24, 2.45) is 0 Å². The van der Waals surface area contributed by atoms with Gasteiger partial charge >= 0.3 is 5.97 Å². The van der Waals surface area contributed by atoms with Crippen LogP contribution in [-0.4, -0.2) is 21.0 Å². The van der Waals surface area contributed by atoms with Crippen LogP contribution >= 0.6 is 0 Å². The molecule has 0 atom stereocenters. The number of carbonyl (C=O) groups is 1. The molecule has 12 heavy (non-hydrogen) atoms. The van der Waals surface area contributed by atoms with E-state index in [1.54, 1.807) is 6.07 Å². The van der Waals surface area contributed by atoms with Gasteiger partial charge in [0.05, 0.1) is 11.6 Å². The molecule has 5 nitrogen and oxygen atoms in total. The summed E-state index contributed by atoms with van der Waals surface area (Å²) in [7, 11) is 0. The molecule has 0 aliphatic rings. The Balaban J connectivity index is 2.68. The predicted molar refractivity (Wildman–Crippen MR) is 38.8 cm³/mol. The normalized spacial score (nSPS) is 10.3. The minimum absolute atomic E-state index is 0.252. The molecule has 1 N–H and O–H groups in total. The zero-order chi connectivity index (χ0) is 8.55. The first-order valence-electron chi connectivity index (χ1n) is 3.21. The fraction of sp³-hybridized carbons (Fsp3) is 0. The van der Waals surface area contributed by atoms with Crippen LogP contribution in [0.5, 0.6) is 0 Å². The topological polar surface area (TPSA) is 76.2 Å². The summed E-state index contributed by atoms with van der Waals surface area (Å²) in [4.78, 5) is 17.7. The molecule has 2 aromatic heterocycles. The van der Waals surface area contributed by atoms with Crippen molar-refractivity contribution in [1.29, 1.82) is 0 Å². The lowest BCUT2D eigenvalue weighted by Gasteiger charge is -1.90. The van der Waals surface area contributed by atoms with Crippen LogP contribution < -0.4 is 0 Å². The minimum atomic E-state index is -1.16.